The number of carbonyl (C=O) groups is 2. The van der Waals surface area contributed by atoms with Gasteiger partial charge in [-0.2, -0.15) is 0 Å². The van der Waals surface area contributed by atoms with Crippen LogP contribution in [0.4, 0.5) is 0 Å². The zero-order valence-electron chi connectivity index (χ0n) is 49.9. The van der Waals surface area contributed by atoms with Gasteiger partial charge in [0.2, 0.25) is 0 Å². The highest BCUT2D eigenvalue weighted by molar-refractivity contribution is 6.10. The molecule has 0 bridgehead atoms. The summed E-state index contributed by atoms with van der Waals surface area (Å²) in [4.78, 5) is 46.8. The van der Waals surface area contributed by atoms with E-state index in [0.29, 0.717) is 35.8 Å². The summed E-state index contributed by atoms with van der Waals surface area (Å²) in [6, 6.07) is 43.2. The summed E-state index contributed by atoms with van der Waals surface area (Å²) in [5.41, 5.74) is 19.7. The van der Waals surface area contributed by atoms with Gasteiger partial charge in [-0.15, -0.1) is 0 Å². The van der Waals surface area contributed by atoms with Crippen LogP contribution in [0.15, 0.2) is 171 Å². The first-order valence-corrected chi connectivity index (χ1v) is 30.3. The van der Waals surface area contributed by atoms with Crippen LogP contribution in [0.2, 0.25) is 0 Å². The second-order valence-electron chi connectivity index (χ2n) is 23.1. The number of aromatic nitrogens is 6. The molecule has 432 valence electrons. The van der Waals surface area contributed by atoms with E-state index in [-0.39, 0.29) is 0 Å². The first-order chi connectivity index (χ1) is 42.7. The Balaban J connectivity index is 1.00. The van der Waals surface area contributed by atoms with Gasteiger partial charge >= 0.3 is 11.9 Å². The smallest absolute Gasteiger partial charge is 0.341 e. The molecule has 6 heterocycles. The number of ether oxygens (including phenoxy) is 4. The minimum Gasteiger partial charge on any atom is -0.493 e. The van der Waals surface area contributed by atoms with Crippen molar-refractivity contribution in [2.24, 2.45) is 0 Å². The minimum atomic E-state index is -1.11. The van der Waals surface area contributed by atoms with Crippen molar-refractivity contribution >= 4 is 55.6 Å². The van der Waals surface area contributed by atoms with E-state index in [0.717, 1.165) is 184 Å². The molecule has 0 atom stereocenters. The van der Waals surface area contributed by atoms with Crippen LogP contribution in [0.3, 0.4) is 0 Å². The van der Waals surface area contributed by atoms with Gasteiger partial charge in [0.15, 0.2) is 0 Å². The van der Waals surface area contributed by atoms with Crippen molar-refractivity contribution in [3.8, 4) is 67.4 Å². The third-order valence-corrected chi connectivity index (χ3v) is 18.1. The fraction of sp³-hybridized carbons (Fsp3) is 0.227. The maximum atomic E-state index is 14.4. The quantitative estimate of drug-likeness (QED) is 0.0604. The number of carbonyl (C=O) groups excluding carboxylic acids is 2. The average molecular weight is 1150 g/mol. The van der Waals surface area contributed by atoms with Gasteiger partial charge in [-0.3, -0.25) is 19.9 Å². The molecular formula is C75H66N6O6. The van der Waals surface area contributed by atoms with E-state index < -0.39 is 17.4 Å². The van der Waals surface area contributed by atoms with E-state index >= 15 is 0 Å². The van der Waals surface area contributed by atoms with Gasteiger partial charge in [-0.1, -0.05) is 88.8 Å². The maximum Gasteiger partial charge on any atom is 0.341 e. The van der Waals surface area contributed by atoms with Crippen LogP contribution in [0.5, 0.6) is 11.5 Å². The third-order valence-electron chi connectivity index (χ3n) is 18.1. The van der Waals surface area contributed by atoms with Gasteiger partial charge in [0.25, 0.3) is 0 Å². The lowest BCUT2D eigenvalue weighted by Gasteiger charge is -2.32. The molecule has 2 aliphatic carbocycles. The molecule has 0 aliphatic heterocycles. The minimum absolute atomic E-state index is 0.327. The van der Waals surface area contributed by atoms with Crippen LogP contribution in [-0.4, -0.2) is 68.4 Å². The first-order valence-electron chi connectivity index (χ1n) is 30.3. The Labute approximate surface area is 505 Å². The van der Waals surface area contributed by atoms with Crippen molar-refractivity contribution in [1.82, 2.24) is 29.1 Å². The maximum absolute atomic E-state index is 14.4. The van der Waals surface area contributed by atoms with Gasteiger partial charge in [-0.05, 0) is 190 Å². The van der Waals surface area contributed by atoms with Crippen molar-refractivity contribution in [3.63, 3.8) is 0 Å². The molecule has 0 fully saturated rings. The molecule has 0 saturated heterocycles. The number of aryl methyl sites for hydroxylation is 2. The lowest BCUT2D eigenvalue weighted by atomic mass is 9.69. The molecule has 1 spiro atoms. The molecule has 12 aromatic rings. The lowest BCUT2D eigenvalue weighted by Crippen LogP contribution is -2.27. The summed E-state index contributed by atoms with van der Waals surface area (Å²) in [5.74, 6) is -0.119. The number of hydrogen-bond acceptors (Lipinski definition) is 10. The number of nitrogens with zero attached hydrogens (tertiary/aromatic N) is 6. The molecule has 2 aliphatic rings. The van der Waals surface area contributed by atoms with Crippen LogP contribution < -0.4 is 9.47 Å². The SMILES string of the molecule is CCCCCCOc1cc2c(cc1C(=O)OC)C1(c3cc(-c4ccc(-n5c6ccncc6c6cnccc65)cc4C)ccc3-c3ccc(-c4ccc(-n5c6ccncc6c6cnccc65)cc4C)cc31)c1cc(C(=O)OC)c(OCCCCCC)cc1-2. The molecule has 0 radical (unpaired) electrons. The number of benzene rings is 6. The van der Waals surface area contributed by atoms with E-state index in [1.165, 1.54) is 14.2 Å². The summed E-state index contributed by atoms with van der Waals surface area (Å²) in [6.45, 7) is 9.57. The number of rotatable bonds is 18. The standard InChI is InChI=1S/C75H66N6O6/c1-7-9-11-13-31-86-71-39-55-56-40-72(87-32-14-12-10-8-2)58(74(83)85-6)38-66(56)75(65(55)37-57(71)73(82)84-5)63-35-47(51-21-17-49(33-45(51)3)80-67-23-27-76-41-59(67)60-42-77-28-24-68(60)80)15-19-53(63)54-20-16-48(36-64(54)75)52-22-18-50(34-46(52)4)81-69-25-29-78-43-61(69)62-44-79-30-26-70(62)81/h15-30,33-44H,7-14,31-32H2,1-6H3. The summed E-state index contributed by atoms with van der Waals surface area (Å²) in [6.07, 6.45) is 23.0. The van der Waals surface area contributed by atoms with Crippen LogP contribution in [0.1, 0.15) is 119 Å². The van der Waals surface area contributed by atoms with Crippen molar-refractivity contribution in [2.45, 2.75) is 84.5 Å². The Hall–Kier alpha value is -9.94. The van der Waals surface area contributed by atoms with Crippen molar-refractivity contribution in [3.05, 3.63) is 215 Å². The largest absolute Gasteiger partial charge is 0.493 e. The molecular weight excluding hydrogens is 1080 g/mol. The van der Waals surface area contributed by atoms with Gasteiger partial charge in [0.1, 0.15) is 22.6 Å². The molecule has 6 aromatic carbocycles. The molecule has 87 heavy (non-hydrogen) atoms. The van der Waals surface area contributed by atoms with Gasteiger partial charge < -0.3 is 28.1 Å². The topological polar surface area (TPSA) is 132 Å². The Morgan fingerprint density at radius 2 is 0.782 bits per heavy atom. The van der Waals surface area contributed by atoms with Crippen molar-refractivity contribution < 1.29 is 28.5 Å². The van der Waals surface area contributed by atoms with E-state index in [9.17, 15) is 9.59 Å². The van der Waals surface area contributed by atoms with Gasteiger partial charge in [0, 0.05) is 82.5 Å². The lowest BCUT2D eigenvalue weighted by molar-refractivity contribution is 0.0586. The highest BCUT2D eigenvalue weighted by atomic mass is 16.5. The molecule has 12 heteroatoms. The number of esters is 2. The summed E-state index contributed by atoms with van der Waals surface area (Å²) < 4.78 is 29.2. The summed E-state index contributed by atoms with van der Waals surface area (Å²) >= 11 is 0. The number of fused-ring (bicyclic) bond motifs is 16. The second kappa shape index (κ2) is 22.5. The zero-order chi connectivity index (χ0) is 59.5. The Kier molecular flexibility index (Phi) is 14.2. The number of unbranched alkanes of at least 4 members (excludes halogenated alkanes) is 6. The summed E-state index contributed by atoms with van der Waals surface area (Å²) in [7, 11) is 2.84. The number of pyridine rings is 4. The average Bonchev–Trinajstić information content (AvgIpc) is 1.51. The molecule has 6 aromatic heterocycles. The van der Waals surface area contributed by atoms with Crippen LogP contribution >= 0.6 is 0 Å². The highest BCUT2D eigenvalue weighted by Crippen LogP contribution is 2.65. The van der Waals surface area contributed by atoms with Crippen molar-refractivity contribution in [1.29, 1.82) is 0 Å². The van der Waals surface area contributed by atoms with E-state index in [1.54, 1.807) is 0 Å². The molecule has 0 amide bonds. The molecule has 0 saturated carbocycles. The Morgan fingerprint density at radius 1 is 0.414 bits per heavy atom. The fourth-order valence-corrected chi connectivity index (χ4v) is 14.0. The molecule has 14 rings (SSSR count). The summed E-state index contributed by atoms with van der Waals surface area (Å²) in [5, 5.41) is 4.15. The Morgan fingerprint density at radius 3 is 1.14 bits per heavy atom. The van der Waals surface area contributed by atoms with Gasteiger partial charge in [0.05, 0.1) is 54.9 Å². The highest BCUT2D eigenvalue weighted by Gasteiger charge is 2.53. The van der Waals surface area contributed by atoms with Crippen LogP contribution in [-0.2, 0) is 14.9 Å². The van der Waals surface area contributed by atoms with E-state index in [2.05, 4.69) is 154 Å². The van der Waals surface area contributed by atoms with E-state index in [4.69, 9.17) is 18.9 Å². The number of hydrogen-bond donors (Lipinski definition) is 0. The van der Waals surface area contributed by atoms with Crippen LogP contribution in [0, 0.1) is 13.8 Å². The van der Waals surface area contributed by atoms with Crippen LogP contribution in [0.25, 0.3) is 99.5 Å². The molecule has 12 nitrogen and oxygen atoms in total. The molecule has 0 unspecified atom stereocenters. The fourth-order valence-electron chi connectivity index (χ4n) is 14.0. The van der Waals surface area contributed by atoms with E-state index in [1.807, 2.05) is 73.8 Å². The second-order valence-corrected chi connectivity index (χ2v) is 23.1. The first kappa shape index (κ1) is 55.0. The zero-order valence-corrected chi connectivity index (χ0v) is 49.9. The predicted molar refractivity (Wildman–Crippen MR) is 345 cm³/mol. The van der Waals surface area contributed by atoms with Gasteiger partial charge in [-0.25, -0.2) is 9.59 Å². The normalized spacial score (nSPS) is 12.7. The molecule has 0 N–H and O–H groups in total. The number of methoxy groups -OCH3 is 2. The Bertz CT molecular complexity index is 4340. The van der Waals surface area contributed by atoms with Crippen molar-refractivity contribution in [2.75, 3.05) is 27.4 Å². The predicted octanol–water partition coefficient (Wildman–Crippen LogP) is 17.2. The third kappa shape index (κ3) is 8.94. The monoisotopic (exact) mass is 1150 g/mol.